The molecule has 204 valence electrons. The number of ether oxygens (including phenoxy) is 1. The van der Waals surface area contributed by atoms with Crippen LogP contribution in [0.1, 0.15) is 71.9 Å². The lowest BCUT2D eigenvalue weighted by Gasteiger charge is -2.28. The third-order valence-corrected chi connectivity index (χ3v) is 7.19. The highest BCUT2D eigenvalue weighted by atomic mass is 19.1. The number of unbranched alkanes of at least 4 members (excludes halogenated alkanes) is 2. The van der Waals surface area contributed by atoms with Crippen molar-refractivity contribution >= 4 is 23.5 Å². The second kappa shape index (κ2) is 12.2. The van der Waals surface area contributed by atoms with E-state index in [2.05, 4.69) is 12.2 Å². The third-order valence-electron chi connectivity index (χ3n) is 7.19. The molecule has 1 atom stereocenters. The first-order valence-electron chi connectivity index (χ1n) is 13.5. The summed E-state index contributed by atoms with van der Waals surface area (Å²) in [7, 11) is 1.31. The highest BCUT2D eigenvalue weighted by Gasteiger charge is 2.38. The van der Waals surface area contributed by atoms with Crippen LogP contribution >= 0.6 is 0 Å². The number of rotatable bonds is 10. The molecule has 0 saturated carbocycles. The Bertz CT molecular complexity index is 1370. The molecule has 0 radical (unpaired) electrons. The third kappa shape index (κ3) is 6.19. The molecule has 39 heavy (non-hydrogen) atoms. The first-order valence-corrected chi connectivity index (χ1v) is 13.5. The number of hydrogen-bond acceptors (Lipinski definition) is 4. The fourth-order valence-corrected chi connectivity index (χ4v) is 5.00. The maximum Gasteiger partial charge on any atom is 0.328 e. The molecular formula is C32H35FN2O4. The summed E-state index contributed by atoms with van der Waals surface area (Å²) in [6.45, 7) is 6.22. The van der Waals surface area contributed by atoms with Crippen LogP contribution < -0.4 is 5.32 Å². The predicted molar refractivity (Wildman–Crippen MR) is 150 cm³/mol. The van der Waals surface area contributed by atoms with Crippen molar-refractivity contribution in [3.05, 3.63) is 88.7 Å². The van der Waals surface area contributed by atoms with Gasteiger partial charge in [0.15, 0.2) is 0 Å². The molecule has 6 nitrogen and oxygen atoms in total. The van der Waals surface area contributed by atoms with Gasteiger partial charge in [0.05, 0.1) is 12.8 Å². The summed E-state index contributed by atoms with van der Waals surface area (Å²) in [4.78, 5) is 39.8. The number of carbonyl (C=O) groups excluding carboxylic acids is 3. The van der Waals surface area contributed by atoms with Crippen molar-refractivity contribution in [2.45, 2.75) is 59.0 Å². The Balaban J connectivity index is 1.47. The van der Waals surface area contributed by atoms with Crippen molar-refractivity contribution < 1.29 is 23.5 Å². The Hall–Kier alpha value is -4.00. The smallest absolute Gasteiger partial charge is 0.328 e. The molecule has 1 aliphatic heterocycles. The van der Waals surface area contributed by atoms with Crippen LogP contribution in [-0.2, 0) is 22.5 Å². The lowest BCUT2D eigenvalue weighted by atomic mass is 10.00. The first kappa shape index (κ1) is 28.0. The lowest BCUT2D eigenvalue weighted by molar-refractivity contribution is -0.147. The summed E-state index contributed by atoms with van der Waals surface area (Å²) in [5.41, 5.74) is 4.25. The molecule has 3 aromatic rings. The van der Waals surface area contributed by atoms with E-state index >= 15 is 4.39 Å². The Morgan fingerprint density at radius 1 is 1.00 bits per heavy atom. The van der Waals surface area contributed by atoms with Crippen LogP contribution in [0.15, 0.2) is 60.7 Å². The predicted octanol–water partition coefficient (Wildman–Crippen LogP) is 6.63. The zero-order chi connectivity index (χ0) is 28.1. The van der Waals surface area contributed by atoms with E-state index in [4.69, 9.17) is 4.74 Å². The van der Waals surface area contributed by atoms with Crippen LogP contribution in [0, 0.1) is 11.7 Å². The summed E-state index contributed by atoms with van der Waals surface area (Å²) in [5, 5.41) is 2.65. The number of halogens is 1. The molecule has 2 amide bonds. The quantitative estimate of drug-likeness (QED) is 0.236. The van der Waals surface area contributed by atoms with Crippen molar-refractivity contribution in [1.82, 2.24) is 4.90 Å². The fraction of sp³-hybridized carbons (Fsp3) is 0.344. The number of anilines is 1. The maximum atomic E-state index is 15.0. The highest BCUT2D eigenvalue weighted by Crippen LogP contribution is 2.32. The zero-order valence-electron chi connectivity index (χ0n) is 22.9. The van der Waals surface area contributed by atoms with Gasteiger partial charge in [-0.15, -0.1) is 0 Å². The molecule has 1 N–H and O–H groups in total. The molecule has 0 saturated heterocycles. The minimum Gasteiger partial charge on any atom is -0.467 e. The van der Waals surface area contributed by atoms with E-state index in [1.807, 2.05) is 38.1 Å². The Labute approximate surface area is 229 Å². The van der Waals surface area contributed by atoms with Gasteiger partial charge in [-0.05, 0) is 71.3 Å². The molecule has 4 rings (SSSR count). The number of carbonyl (C=O) groups is 3. The summed E-state index contributed by atoms with van der Waals surface area (Å²) < 4.78 is 20.0. The van der Waals surface area contributed by atoms with Crippen molar-refractivity contribution in [1.29, 1.82) is 0 Å². The standard InChI is InChI=1S/C32H35FN2O4/c1-5-6-7-8-21-9-11-22(12-10-21)30(36)34-28-16-15-24(18-27(28)33)23-13-14-25-19-35(31(37)26(25)17-23)29(20(2)3)32(38)39-4/h9-18,20,29H,5-8,19H2,1-4H3,(H,34,36). The number of benzene rings is 3. The molecule has 1 unspecified atom stereocenters. The average Bonchev–Trinajstić information content (AvgIpc) is 3.25. The van der Waals surface area contributed by atoms with Gasteiger partial charge in [-0.1, -0.05) is 63.9 Å². The zero-order valence-corrected chi connectivity index (χ0v) is 22.9. The minimum atomic E-state index is -0.684. The van der Waals surface area contributed by atoms with Gasteiger partial charge in [0, 0.05) is 17.7 Å². The molecular weight excluding hydrogens is 495 g/mol. The molecule has 0 aromatic heterocycles. The lowest BCUT2D eigenvalue weighted by Crippen LogP contribution is -2.45. The van der Waals surface area contributed by atoms with Crippen molar-refractivity contribution in [3.8, 4) is 11.1 Å². The van der Waals surface area contributed by atoms with Gasteiger partial charge in [0.1, 0.15) is 11.9 Å². The van der Waals surface area contributed by atoms with E-state index in [0.717, 1.165) is 24.8 Å². The number of aryl methyl sites for hydroxylation is 1. The van der Waals surface area contributed by atoms with Gasteiger partial charge in [0.2, 0.25) is 0 Å². The van der Waals surface area contributed by atoms with Crippen LogP contribution in [0.25, 0.3) is 11.1 Å². The van der Waals surface area contributed by atoms with E-state index in [9.17, 15) is 14.4 Å². The Kier molecular flexibility index (Phi) is 8.79. The van der Waals surface area contributed by atoms with E-state index in [-0.39, 0.29) is 23.4 Å². The largest absolute Gasteiger partial charge is 0.467 e. The molecule has 1 aliphatic rings. The molecule has 1 heterocycles. The number of esters is 1. The molecule has 0 fully saturated rings. The number of fused-ring (bicyclic) bond motifs is 1. The summed E-state index contributed by atoms with van der Waals surface area (Å²) in [5.74, 6) is -1.77. The van der Waals surface area contributed by atoms with E-state index in [1.54, 1.807) is 24.3 Å². The number of amides is 2. The summed E-state index contributed by atoms with van der Waals surface area (Å²) >= 11 is 0. The Morgan fingerprint density at radius 2 is 1.69 bits per heavy atom. The normalized spacial score (nSPS) is 13.4. The van der Waals surface area contributed by atoms with Crippen LogP contribution in [0.3, 0.4) is 0 Å². The van der Waals surface area contributed by atoms with Gasteiger partial charge in [0.25, 0.3) is 11.8 Å². The van der Waals surface area contributed by atoms with Crippen LogP contribution in [0.5, 0.6) is 0 Å². The van der Waals surface area contributed by atoms with Crippen LogP contribution in [0.2, 0.25) is 0 Å². The van der Waals surface area contributed by atoms with E-state index < -0.39 is 17.8 Å². The van der Waals surface area contributed by atoms with Gasteiger partial charge in [-0.2, -0.15) is 0 Å². The van der Waals surface area contributed by atoms with Crippen molar-refractivity contribution in [2.24, 2.45) is 5.92 Å². The molecule has 0 aliphatic carbocycles. The number of hydrogen-bond donors (Lipinski definition) is 1. The summed E-state index contributed by atoms with van der Waals surface area (Å²) in [6.07, 6.45) is 4.42. The van der Waals surface area contributed by atoms with E-state index in [1.165, 1.54) is 36.1 Å². The van der Waals surface area contributed by atoms with Gasteiger partial charge >= 0.3 is 5.97 Å². The number of methoxy groups -OCH3 is 1. The monoisotopic (exact) mass is 530 g/mol. The molecule has 7 heteroatoms. The molecule has 0 bridgehead atoms. The van der Waals surface area contributed by atoms with E-state index in [0.29, 0.717) is 28.8 Å². The first-order chi connectivity index (χ1) is 18.7. The molecule has 0 spiro atoms. The number of nitrogens with zero attached hydrogens (tertiary/aromatic N) is 1. The molecule has 3 aromatic carbocycles. The summed E-state index contributed by atoms with van der Waals surface area (Å²) in [6, 6.07) is 16.7. The van der Waals surface area contributed by atoms with Gasteiger partial charge < -0.3 is 15.0 Å². The SMILES string of the molecule is CCCCCc1ccc(C(=O)Nc2ccc(-c3ccc4c(c3)C(=O)N(C(C(=O)OC)C(C)C)C4)cc2F)cc1. The average molecular weight is 531 g/mol. The topological polar surface area (TPSA) is 75.7 Å². The van der Waals surface area contributed by atoms with Gasteiger partial charge in [-0.25, -0.2) is 9.18 Å². The fourth-order valence-electron chi connectivity index (χ4n) is 5.00. The maximum absolute atomic E-state index is 15.0. The minimum absolute atomic E-state index is 0.0806. The number of nitrogens with one attached hydrogen (secondary N) is 1. The van der Waals surface area contributed by atoms with Crippen molar-refractivity contribution in [2.75, 3.05) is 12.4 Å². The van der Waals surface area contributed by atoms with Gasteiger partial charge in [-0.3, -0.25) is 9.59 Å². The second-order valence-electron chi connectivity index (χ2n) is 10.3. The van der Waals surface area contributed by atoms with Crippen LogP contribution in [-0.4, -0.2) is 35.8 Å². The Morgan fingerprint density at radius 3 is 2.33 bits per heavy atom. The highest BCUT2D eigenvalue weighted by molar-refractivity contribution is 6.04. The van der Waals surface area contributed by atoms with Crippen LogP contribution in [0.4, 0.5) is 10.1 Å². The van der Waals surface area contributed by atoms with Crippen molar-refractivity contribution in [3.63, 3.8) is 0 Å². The second-order valence-corrected chi connectivity index (χ2v) is 10.3.